The van der Waals surface area contributed by atoms with Gasteiger partial charge in [0.05, 0.1) is 0 Å². The third-order valence-corrected chi connectivity index (χ3v) is 3.67. The van der Waals surface area contributed by atoms with Gasteiger partial charge in [-0.3, -0.25) is 0 Å². The lowest BCUT2D eigenvalue weighted by molar-refractivity contribution is 0.290. The molecule has 0 aliphatic rings. The molecule has 2 nitrogen and oxygen atoms in total. The van der Waals surface area contributed by atoms with Crippen LogP contribution in [0.3, 0.4) is 0 Å². The Morgan fingerprint density at radius 1 is 1.25 bits per heavy atom. The molecule has 0 bridgehead atoms. The van der Waals surface area contributed by atoms with Crippen molar-refractivity contribution in [3.05, 3.63) is 63.9 Å². The van der Waals surface area contributed by atoms with E-state index in [0.717, 1.165) is 15.6 Å². The van der Waals surface area contributed by atoms with Gasteiger partial charge in [0.1, 0.15) is 6.61 Å². The highest BCUT2D eigenvalue weighted by atomic mass is 79.9. The van der Waals surface area contributed by atoms with E-state index in [2.05, 4.69) is 21.2 Å². The van der Waals surface area contributed by atoms with Gasteiger partial charge in [-0.2, -0.15) is 0 Å². The van der Waals surface area contributed by atoms with E-state index in [9.17, 15) is 4.39 Å². The van der Waals surface area contributed by atoms with Gasteiger partial charge in [0.2, 0.25) is 0 Å². The molecule has 0 saturated heterocycles. The molecule has 1 atom stereocenters. The first kappa shape index (κ1) is 15.0. The number of hydrogen-bond acceptors (Lipinski definition) is 2. The van der Waals surface area contributed by atoms with Crippen LogP contribution < -0.4 is 10.1 Å². The van der Waals surface area contributed by atoms with E-state index >= 15 is 0 Å². The summed E-state index contributed by atoms with van der Waals surface area (Å²) in [4.78, 5) is 0. The Bertz CT molecular complexity index is 588. The second-order valence-corrected chi connectivity index (χ2v) is 5.53. The lowest BCUT2D eigenvalue weighted by atomic mass is 10.1. The van der Waals surface area contributed by atoms with E-state index in [0.29, 0.717) is 6.61 Å². The minimum Gasteiger partial charge on any atom is -0.486 e. The molecule has 0 saturated carbocycles. The molecule has 0 aliphatic heterocycles. The van der Waals surface area contributed by atoms with E-state index in [1.54, 1.807) is 6.07 Å². The van der Waals surface area contributed by atoms with Gasteiger partial charge in [-0.25, -0.2) is 4.39 Å². The quantitative estimate of drug-likeness (QED) is 0.870. The minimum atomic E-state index is -0.334. The predicted molar refractivity (Wildman–Crippen MR) is 82.3 cm³/mol. The molecule has 1 N–H and O–H groups in total. The van der Waals surface area contributed by atoms with Crippen molar-refractivity contribution in [3.63, 3.8) is 0 Å². The molecule has 0 heterocycles. The number of halogens is 2. The summed E-state index contributed by atoms with van der Waals surface area (Å²) in [5.74, 6) is -0.0587. The SMILES string of the molecule is CNC(C)c1ccc(OCc2cccc(Br)c2)c(F)c1. The van der Waals surface area contributed by atoms with Gasteiger partial charge >= 0.3 is 0 Å². The molecule has 0 spiro atoms. The third kappa shape index (κ3) is 3.81. The summed E-state index contributed by atoms with van der Waals surface area (Å²) in [5, 5.41) is 3.08. The predicted octanol–water partition coefficient (Wildman–Crippen LogP) is 4.45. The van der Waals surface area contributed by atoms with Gasteiger partial charge < -0.3 is 10.1 Å². The normalized spacial score (nSPS) is 12.2. The summed E-state index contributed by atoms with van der Waals surface area (Å²) < 4.78 is 20.5. The van der Waals surface area contributed by atoms with Crippen molar-refractivity contribution >= 4 is 15.9 Å². The van der Waals surface area contributed by atoms with Crippen LogP contribution in [-0.2, 0) is 6.61 Å². The molecule has 1 unspecified atom stereocenters. The minimum absolute atomic E-state index is 0.114. The third-order valence-electron chi connectivity index (χ3n) is 3.17. The molecule has 106 valence electrons. The number of ether oxygens (including phenoxy) is 1. The first-order chi connectivity index (χ1) is 9.60. The maximum Gasteiger partial charge on any atom is 0.165 e. The molecule has 0 aromatic heterocycles. The smallest absolute Gasteiger partial charge is 0.165 e. The van der Waals surface area contributed by atoms with Crippen molar-refractivity contribution in [3.8, 4) is 5.75 Å². The number of rotatable bonds is 5. The Labute approximate surface area is 127 Å². The Morgan fingerprint density at radius 2 is 2.05 bits per heavy atom. The second-order valence-electron chi connectivity index (χ2n) is 4.62. The highest BCUT2D eigenvalue weighted by Gasteiger charge is 2.08. The van der Waals surface area contributed by atoms with Crippen LogP contribution in [0, 0.1) is 5.82 Å². The van der Waals surface area contributed by atoms with E-state index in [1.807, 2.05) is 44.3 Å². The Hall–Kier alpha value is -1.39. The summed E-state index contributed by atoms with van der Waals surface area (Å²) >= 11 is 3.40. The maximum atomic E-state index is 14.0. The van der Waals surface area contributed by atoms with Gasteiger partial charge in [0, 0.05) is 10.5 Å². The molecule has 0 aliphatic carbocycles. The first-order valence-electron chi connectivity index (χ1n) is 6.44. The van der Waals surface area contributed by atoms with Crippen molar-refractivity contribution in [1.82, 2.24) is 5.32 Å². The average Bonchev–Trinajstić information content (AvgIpc) is 2.45. The molecule has 0 fully saturated rings. The Morgan fingerprint density at radius 3 is 2.70 bits per heavy atom. The van der Waals surface area contributed by atoms with Crippen LogP contribution in [0.1, 0.15) is 24.1 Å². The fraction of sp³-hybridized carbons (Fsp3) is 0.250. The van der Waals surface area contributed by atoms with Crippen LogP contribution in [-0.4, -0.2) is 7.05 Å². The number of nitrogens with one attached hydrogen (secondary N) is 1. The fourth-order valence-corrected chi connectivity index (χ4v) is 2.30. The standard InChI is InChI=1S/C16H17BrFNO/c1-11(19-2)13-6-7-16(15(18)9-13)20-10-12-4-3-5-14(17)8-12/h3-9,11,19H,10H2,1-2H3. The largest absolute Gasteiger partial charge is 0.486 e. The number of benzene rings is 2. The van der Waals surface area contributed by atoms with Crippen LogP contribution in [0.15, 0.2) is 46.9 Å². The topological polar surface area (TPSA) is 21.3 Å². The first-order valence-corrected chi connectivity index (χ1v) is 7.23. The van der Waals surface area contributed by atoms with Crippen LogP contribution in [0.5, 0.6) is 5.75 Å². The summed E-state index contributed by atoms with van der Waals surface area (Å²) in [5.41, 5.74) is 1.89. The lowest BCUT2D eigenvalue weighted by Gasteiger charge is -2.13. The van der Waals surface area contributed by atoms with E-state index < -0.39 is 0 Å². The van der Waals surface area contributed by atoms with Gasteiger partial charge in [0.15, 0.2) is 11.6 Å². The lowest BCUT2D eigenvalue weighted by Crippen LogP contribution is -2.12. The highest BCUT2D eigenvalue weighted by molar-refractivity contribution is 9.10. The van der Waals surface area contributed by atoms with Crippen molar-refractivity contribution in [1.29, 1.82) is 0 Å². The number of hydrogen-bond donors (Lipinski definition) is 1. The van der Waals surface area contributed by atoms with Gasteiger partial charge in [-0.15, -0.1) is 0 Å². The Balaban J connectivity index is 2.07. The zero-order valence-corrected chi connectivity index (χ0v) is 13.1. The molecule has 4 heteroatoms. The molecule has 2 rings (SSSR count). The van der Waals surface area contributed by atoms with Crippen molar-refractivity contribution in [2.75, 3.05) is 7.05 Å². The molecule has 2 aromatic rings. The second kappa shape index (κ2) is 6.86. The fourth-order valence-electron chi connectivity index (χ4n) is 1.86. The van der Waals surface area contributed by atoms with Crippen LogP contribution in [0.2, 0.25) is 0 Å². The van der Waals surface area contributed by atoms with Crippen LogP contribution in [0.4, 0.5) is 4.39 Å². The van der Waals surface area contributed by atoms with Crippen molar-refractivity contribution < 1.29 is 9.13 Å². The molecule has 0 amide bonds. The van der Waals surface area contributed by atoms with E-state index in [1.165, 1.54) is 6.07 Å². The average molecular weight is 338 g/mol. The van der Waals surface area contributed by atoms with Gasteiger partial charge in [-0.1, -0.05) is 34.1 Å². The molecule has 20 heavy (non-hydrogen) atoms. The summed E-state index contributed by atoms with van der Waals surface area (Å²) in [7, 11) is 1.85. The zero-order chi connectivity index (χ0) is 14.5. The van der Waals surface area contributed by atoms with Gasteiger partial charge in [0.25, 0.3) is 0 Å². The summed E-state index contributed by atoms with van der Waals surface area (Å²) in [6, 6.07) is 12.9. The molecule has 0 radical (unpaired) electrons. The van der Waals surface area contributed by atoms with Crippen molar-refractivity contribution in [2.45, 2.75) is 19.6 Å². The molecular weight excluding hydrogens is 321 g/mol. The molecular formula is C16H17BrFNO. The monoisotopic (exact) mass is 337 g/mol. The highest BCUT2D eigenvalue weighted by Crippen LogP contribution is 2.23. The van der Waals surface area contributed by atoms with E-state index in [4.69, 9.17) is 4.74 Å². The Kier molecular flexibility index (Phi) is 5.15. The van der Waals surface area contributed by atoms with Gasteiger partial charge in [-0.05, 0) is 49.4 Å². The van der Waals surface area contributed by atoms with Crippen molar-refractivity contribution in [2.24, 2.45) is 0 Å². The maximum absolute atomic E-state index is 14.0. The molecule has 2 aromatic carbocycles. The summed E-state index contributed by atoms with van der Waals surface area (Å²) in [6.07, 6.45) is 0. The van der Waals surface area contributed by atoms with E-state index in [-0.39, 0.29) is 17.6 Å². The zero-order valence-electron chi connectivity index (χ0n) is 11.5. The van der Waals surface area contributed by atoms with Crippen LogP contribution >= 0.6 is 15.9 Å². The van der Waals surface area contributed by atoms with Crippen LogP contribution in [0.25, 0.3) is 0 Å². The summed E-state index contributed by atoms with van der Waals surface area (Å²) in [6.45, 7) is 2.33.